The van der Waals surface area contributed by atoms with Gasteiger partial charge in [0.05, 0.1) is 16.9 Å². The van der Waals surface area contributed by atoms with Crippen LogP contribution in [-0.4, -0.2) is 23.3 Å². The Morgan fingerprint density at radius 2 is 1.89 bits per heavy atom. The van der Waals surface area contributed by atoms with Crippen molar-refractivity contribution in [3.8, 4) is 11.3 Å². The molecule has 1 N–H and O–H groups in total. The number of aromatic nitrogens is 1. The Morgan fingerprint density at radius 1 is 1.11 bits per heavy atom. The highest BCUT2D eigenvalue weighted by atomic mass is 16.2. The number of rotatable bonds is 4. The fourth-order valence-electron chi connectivity index (χ4n) is 3.46. The average molecular weight is 373 g/mol. The van der Waals surface area contributed by atoms with E-state index >= 15 is 0 Å². The highest BCUT2D eigenvalue weighted by molar-refractivity contribution is 6.06. The van der Waals surface area contributed by atoms with Gasteiger partial charge in [0.25, 0.3) is 0 Å². The molecule has 2 aromatic carbocycles. The van der Waals surface area contributed by atoms with Crippen LogP contribution in [0.4, 0.5) is 11.4 Å². The number of hydrogen-bond donors (Lipinski definition) is 1. The molecule has 1 saturated heterocycles. The standard InChI is InChI=1S/C23H23N3O2/c1-15(2)23(28)24-17-10-11-19-18(13-17)21(26-12-6-9-22(26)27)14-20(25-19)16-7-4-3-5-8-16/h3-5,7-8,10-11,13-15H,6,9,12H2,1-2H3,(H,24,28). The van der Waals surface area contributed by atoms with E-state index in [-0.39, 0.29) is 17.7 Å². The lowest BCUT2D eigenvalue weighted by Gasteiger charge is -2.20. The van der Waals surface area contributed by atoms with Gasteiger partial charge in [0.1, 0.15) is 0 Å². The van der Waals surface area contributed by atoms with Crippen molar-refractivity contribution in [2.24, 2.45) is 5.92 Å². The Morgan fingerprint density at radius 3 is 2.57 bits per heavy atom. The summed E-state index contributed by atoms with van der Waals surface area (Å²) in [5.74, 6) is -0.0101. The SMILES string of the molecule is CC(C)C(=O)Nc1ccc2nc(-c3ccccc3)cc(N3CCCC3=O)c2c1. The number of anilines is 2. The molecular formula is C23H23N3O2. The van der Waals surface area contributed by atoms with Crippen molar-refractivity contribution in [2.75, 3.05) is 16.8 Å². The van der Waals surface area contributed by atoms with Gasteiger partial charge in [-0.1, -0.05) is 44.2 Å². The number of benzene rings is 2. The molecule has 5 nitrogen and oxygen atoms in total. The maximum atomic E-state index is 12.5. The quantitative estimate of drug-likeness (QED) is 0.726. The first-order valence-electron chi connectivity index (χ1n) is 9.64. The number of amides is 2. The van der Waals surface area contributed by atoms with Crippen LogP contribution in [0.2, 0.25) is 0 Å². The maximum absolute atomic E-state index is 12.5. The van der Waals surface area contributed by atoms with E-state index in [0.29, 0.717) is 18.7 Å². The Hall–Kier alpha value is -3.21. The molecule has 5 heteroatoms. The number of nitrogens with zero attached hydrogens (tertiary/aromatic N) is 2. The predicted octanol–water partition coefficient (Wildman–Crippen LogP) is 4.62. The molecule has 0 atom stereocenters. The summed E-state index contributed by atoms with van der Waals surface area (Å²) in [6, 6.07) is 17.6. The van der Waals surface area contributed by atoms with Crippen molar-refractivity contribution < 1.29 is 9.59 Å². The second-order valence-corrected chi connectivity index (χ2v) is 7.42. The van der Waals surface area contributed by atoms with Crippen molar-refractivity contribution >= 4 is 34.1 Å². The summed E-state index contributed by atoms with van der Waals surface area (Å²) in [6.45, 7) is 4.42. The third-order valence-electron chi connectivity index (χ3n) is 5.01. The monoisotopic (exact) mass is 373 g/mol. The first kappa shape index (κ1) is 18.2. The molecule has 3 aromatic rings. The third-order valence-corrected chi connectivity index (χ3v) is 5.01. The Bertz CT molecular complexity index is 1040. The normalized spacial score (nSPS) is 14.1. The maximum Gasteiger partial charge on any atom is 0.227 e. The zero-order chi connectivity index (χ0) is 19.7. The molecule has 2 amide bonds. The lowest BCUT2D eigenvalue weighted by molar-refractivity contribution is -0.119. The summed E-state index contributed by atoms with van der Waals surface area (Å²) in [5.41, 5.74) is 4.22. The Labute approximate surface area is 164 Å². The Balaban J connectivity index is 1.86. The van der Waals surface area contributed by atoms with Gasteiger partial charge in [-0.15, -0.1) is 0 Å². The van der Waals surface area contributed by atoms with Crippen LogP contribution in [0.3, 0.4) is 0 Å². The fraction of sp³-hybridized carbons (Fsp3) is 0.261. The summed E-state index contributed by atoms with van der Waals surface area (Å²) >= 11 is 0. The molecule has 142 valence electrons. The minimum atomic E-state index is -0.103. The van der Waals surface area contributed by atoms with Crippen LogP contribution >= 0.6 is 0 Å². The molecule has 1 aliphatic rings. The third kappa shape index (κ3) is 3.48. The molecule has 0 bridgehead atoms. The molecular weight excluding hydrogens is 350 g/mol. The van der Waals surface area contributed by atoms with Gasteiger partial charge in [-0.25, -0.2) is 4.98 Å². The van der Waals surface area contributed by atoms with Crippen molar-refractivity contribution in [2.45, 2.75) is 26.7 Å². The van der Waals surface area contributed by atoms with E-state index < -0.39 is 0 Å². The number of pyridine rings is 1. The van der Waals surface area contributed by atoms with Crippen LogP contribution in [-0.2, 0) is 9.59 Å². The molecule has 2 heterocycles. The Kier molecular flexibility index (Phi) is 4.82. The predicted molar refractivity (Wildman–Crippen MR) is 112 cm³/mol. The highest BCUT2D eigenvalue weighted by Gasteiger charge is 2.24. The molecule has 28 heavy (non-hydrogen) atoms. The molecule has 0 spiro atoms. The fourth-order valence-corrected chi connectivity index (χ4v) is 3.46. The van der Waals surface area contributed by atoms with Crippen molar-refractivity contribution in [1.29, 1.82) is 0 Å². The topological polar surface area (TPSA) is 62.3 Å². The average Bonchev–Trinajstić information content (AvgIpc) is 3.13. The molecule has 1 aromatic heterocycles. The van der Waals surface area contributed by atoms with Gasteiger partial charge in [-0.3, -0.25) is 9.59 Å². The van der Waals surface area contributed by atoms with E-state index in [0.717, 1.165) is 34.3 Å². The minimum absolute atomic E-state index is 0.0352. The van der Waals surface area contributed by atoms with E-state index in [2.05, 4.69) is 5.32 Å². The van der Waals surface area contributed by atoms with Gasteiger partial charge in [-0.05, 0) is 30.7 Å². The molecule has 0 aliphatic carbocycles. The molecule has 4 rings (SSSR count). The highest BCUT2D eigenvalue weighted by Crippen LogP contribution is 2.34. The minimum Gasteiger partial charge on any atom is -0.326 e. The second-order valence-electron chi connectivity index (χ2n) is 7.42. The van der Waals surface area contributed by atoms with E-state index in [1.807, 2.05) is 73.3 Å². The zero-order valence-corrected chi connectivity index (χ0v) is 16.1. The molecule has 0 saturated carbocycles. The first-order chi connectivity index (χ1) is 13.5. The van der Waals surface area contributed by atoms with Crippen molar-refractivity contribution in [3.63, 3.8) is 0 Å². The van der Waals surface area contributed by atoms with E-state index in [9.17, 15) is 9.59 Å². The van der Waals surface area contributed by atoms with Crippen LogP contribution in [0.5, 0.6) is 0 Å². The van der Waals surface area contributed by atoms with E-state index in [4.69, 9.17) is 4.98 Å². The smallest absolute Gasteiger partial charge is 0.227 e. The summed E-state index contributed by atoms with van der Waals surface area (Å²) in [4.78, 5) is 31.2. The summed E-state index contributed by atoms with van der Waals surface area (Å²) in [6.07, 6.45) is 1.42. The van der Waals surface area contributed by atoms with Gasteiger partial charge in [0, 0.05) is 35.5 Å². The number of carbonyl (C=O) groups excluding carboxylic acids is 2. The molecule has 1 fully saturated rings. The van der Waals surface area contributed by atoms with Crippen LogP contribution < -0.4 is 10.2 Å². The van der Waals surface area contributed by atoms with Crippen LogP contribution in [0.15, 0.2) is 54.6 Å². The van der Waals surface area contributed by atoms with Crippen molar-refractivity contribution in [1.82, 2.24) is 4.98 Å². The van der Waals surface area contributed by atoms with Gasteiger partial charge in [0.2, 0.25) is 11.8 Å². The second kappa shape index (κ2) is 7.43. The zero-order valence-electron chi connectivity index (χ0n) is 16.1. The van der Waals surface area contributed by atoms with E-state index in [1.54, 1.807) is 0 Å². The number of hydrogen-bond acceptors (Lipinski definition) is 3. The molecule has 0 radical (unpaired) electrons. The lowest BCUT2D eigenvalue weighted by Crippen LogP contribution is -2.24. The van der Waals surface area contributed by atoms with Crippen LogP contribution in [0.1, 0.15) is 26.7 Å². The van der Waals surface area contributed by atoms with Gasteiger partial charge in [-0.2, -0.15) is 0 Å². The molecule has 0 unspecified atom stereocenters. The van der Waals surface area contributed by atoms with Gasteiger partial charge < -0.3 is 10.2 Å². The van der Waals surface area contributed by atoms with Gasteiger partial charge in [0.15, 0.2) is 0 Å². The summed E-state index contributed by atoms with van der Waals surface area (Å²) < 4.78 is 0. The summed E-state index contributed by atoms with van der Waals surface area (Å²) in [7, 11) is 0. The number of carbonyl (C=O) groups is 2. The van der Waals surface area contributed by atoms with Gasteiger partial charge >= 0.3 is 0 Å². The lowest BCUT2D eigenvalue weighted by atomic mass is 10.1. The first-order valence-corrected chi connectivity index (χ1v) is 9.64. The summed E-state index contributed by atoms with van der Waals surface area (Å²) in [5, 5.41) is 3.81. The molecule has 1 aliphatic heterocycles. The number of nitrogens with one attached hydrogen (secondary N) is 1. The van der Waals surface area contributed by atoms with Crippen molar-refractivity contribution in [3.05, 3.63) is 54.6 Å². The van der Waals surface area contributed by atoms with Crippen LogP contribution in [0.25, 0.3) is 22.2 Å². The largest absolute Gasteiger partial charge is 0.326 e. The number of fused-ring (bicyclic) bond motifs is 1. The van der Waals surface area contributed by atoms with Crippen LogP contribution in [0, 0.1) is 5.92 Å². The van der Waals surface area contributed by atoms with E-state index in [1.165, 1.54) is 0 Å².